The predicted octanol–water partition coefficient (Wildman–Crippen LogP) is 3.77. The second-order valence-corrected chi connectivity index (χ2v) is 9.68. The largest absolute Gasteiger partial charge is 0.361 e. The summed E-state index contributed by atoms with van der Waals surface area (Å²) in [5.74, 6) is 0.466. The van der Waals surface area contributed by atoms with E-state index in [2.05, 4.69) is 20.3 Å². The first-order chi connectivity index (χ1) is 13.6. The van der Waals surface area contributed by atoms with Crippen molar-refractivity contribution in [2.45, 2.75) is 45.2 Å². The molecule has 1 atom stereocenters. The van der Waals surface area contributed by atoms with Gasteiger partial charge >= 0.3 is 0 Å². The van der Waals surface area contributed by atoms with Crippen molar-refractivity contribution >= 4 is 38.3 Å². The lowest BCUT2D eigenvalue weighted by Crippen LogP contribution is -2.28. The fraction of sp³-hybridized carbons (Fsp3) is 0.368. The molecule has 2 heterocycles. The Morgan fingerprint density at radius 3 is 2.45 bits per heavy atom. The molecule has 0 saturated carbocycles. The molecule has 2 N–H and O–H groups in total. The van der Waals surface area contributed by atoms with Crippen LogP contribution in [0.2, 0.25) is 5.28 Å². The lowest BCUT2D eigenvalue weighted by Gasteiger charge is -2.16. The minimum atomic E-state index is -2.75. The number of aryl methyl sites for hydroxylation is 1. The predicted molar refractivity (Wildman–Crippen MR) is 115 cm³/mol. The maximum absolute atomic E-state index is 13.0. The van der Waals surface area contributed by atoms with Crippen LogP contribution in [0.1, 0.15) is 38.1 Å². The van der Waals surface area contributed by atoms with E-state index in [0.717, 1.165) is 5.56 Å². The van der Waals surface area contributed by atoms with Crippen LogP contribution in [0.15, 0.2) is 34.0 Å². The van der Waals surface area contributed by atoms with E-state index in [1.165, 1.54) is 0 Å². The third-order valence-corrected chi connectivity index (χ3v) is 6.59. The minimum Gasteiger partial charge on any atom is -0.361 e. The normalized spacial score (nSPS) is 13.6. The minimum absolute atomic E-state index is 0.0736. The molecule has 154 valence electrons. The topological polar surface area (TPSA) is 114 Å². The van der Waals surface area contributed by atoms with Gasteiger partial charge in [-0.3, -0.25) is 9.36 Å². The van der Waals surface area contributed by atoms with Gasteiger partial charge in [0.1, 0.15) is 5.52 Å². The van der Waals surface area contributed by atoms with Crippen LogP contribution in [-0.2, 0) is 16.3 Å². The van der Waals surface area contributed by atoms with Crippen LogP contribution in [0.5, 0.6) is 0 Å². The molecule has 0 aliphatic heterocycles. The van der Waals surface area contributed by atoms with Gasteiger partial charge in [0.05, 0.1) is 15.4 Å². The molecule has 8 nitrogen and oxygen atoms in total. The van der Waals surface area contributed by atoms with Crippen molar-refractivity contribution < 1.29 is 4.21 Å². The Hall–Kier alpha value is -2.52. The van der Waals surface area contributed by atoms with Crippen LogP contribution in [-0.4, -0.2) is 29.5 Å². The van der Waals surface area contributed by atoms with Crippen LogP contribution < -0.4 is 10.9 Å². The van der Waals surface area contributed by atoms with Gasteiger partial charge in [-0.25, -0.2) is 19.0 Å². The fourth-order valence-corrected chi connectivity index (χ4v) is 4.08. The van der Waals surface area contributed by atoms with Gasteiger partial charge in [-0.1, -0.05) is 19.1 Å². The molecule has 3 aromatic rings. The van der Waals surface area contributed by atoms with Crippen LogP contribution in [0.4, 0.5) is 5.82 Å². The average molecular weight is 435 g/mol. The monoisotopic (exact) mass is 434 g/mol. The van der Waals surface area contributed by atoms with E-state index in [0.29, 0.717) is 28.3 Å². The lowest BCUT2D eigenvalue weighted by molar-refractivity contribution is 0.592. The first-order valence-electron chi connectivity index (χ1n) is 9.19. The summed E-state index contributed by atoms with van der Waals surface area (Å²) in [5, 5.41) is 3.15. The Bertz CT molecular complexity index is 1220. The molecule has 2 aromatic heterocycles. The standard InChI is InChI=1S/C19H23ClN6O2S/c1-5-29(21,28)14-8-6-13(7-9-14)10-22-16-18(27)26(11(2)3)17-15(24-16)12(4)23-19(20)25-17/h6-9,11,21H,5,10H2,1-4H3,(H,22,24). The molecule has 0 bridgehead atoms. The van der Waals surface area contributed by atoms with E-state index in [1.54, 1.807) is 42.7 Å². The molecule has 0 saturated heterocycles. The fourth-order valence-electron chi connectivity index (χ4n) is 2.96. The Balaban J connectivity index is 1.97. The maximum atomic E-state index is 13.0. The third-order valence-electron chi connectivity index (χ3n) is 4.57. The summed E-state index contributed by atoms with van der Waals surface area (Å²) >= 11 is 5.97. The molecular weight excluding hydrogens is 412 g/mol. The SMILES string of the molecule is CCS(=N)(=O)c1ccc(CNc2nc3c(C)nc(Cl)nc3n(C(C)C)c2=O)cc1. The molecule has 0 radical (unpaired) electrons. The van der Waals surface area contributed by atoms with E-state index in [1.807, 2.05) is 13.8 Å². The van der Waals surface area contributed by atoms with E-state index in [4.69, 9.17) is 16.4 Å². The number of anilines is 1. The summed E-state index contributed by atoms with van der Waals surface area (Å²) in [6.45, 7) is 7.63. The quantitative estimate of drug-likeness (QED) is 0.571. The third kappa shape index (κ3) is 4.25. The zero-order valence-corrected chi connectivity index (χ0v) is 18.3. The number of rotatable bonds is 6. The van der Waals surface area contributed by atoms with Crippen LogP contribution in [0, 0.1) is 11.7 Å². The first kappa shape index (κ1) is 21.2. The van der Waals surface area contributed by atoms with Gasteiger partial charge in [-0.15, -0.1) is 0 Å². The molecule has 0 aliphatic rings. The number of benzene rings is 1. The van der Waals surface area contributed by atoms with Crippen molar-refractivity contribution in [3.8, 4) is 0 Å². The highest BCUT2D eigenvalue weighted by Crippen LogP contribution is 2.19. The summed E-state index contributed by atoms with van der Waals surface area (Å²) in [4.78, 5) is 26.2. The molecular formula is C19H23ClN6O2S. The van der Waals surface area contributed by atoms with Gasteiger partial charge in [0.25, 0.3) is 5.56 Å². The zero-order chi connectivity index (χ0) is 21.3. The molecule has 1 aromatic carbocycles. The second-order valence-electron chi connectivity index (χ2n) is 6.94. The van der Waals surface area contributed by atoms with Gasteiger partial charge in [-0.05, 0) is 50.1 Å². The molecule has 10 heteroatoms. The number of hydrogen-bond donors (Lipinski definition) is 2. The lowest BCUT2D eigenvalue weighted by atomic mass is 10.2. The highest BCUT2D eigenvalue weighted by Gasteiger charge is 2.17. The van der Waals surface area contributed by atoms with Crippen molar-refractivity contribution in [2.24, 2.45) is 0 Å². The van der Waals surface area contributed by atoms with Gasteiger partial charge in [-0.2, -0.15) is 4.98 Å². The van der Waals surface area contributed by atoms with E-state index < -0.39 is 9.73 Å². The molecule has 29 heavy (non-hydrogen) atoms. The Labute approximate surface area is 174 Å². The summed E-state index contributed by atoms with van der Waals surface area (Å²) in [6, 6.07) is 6.83. The Kier molecular flexibility index (Phi) is 5.90. The van der Waals surface area contributed by atoms with Crippen molar-refractivity contribution in [1.82, 2.24) is 19.5 Å². The smallest absolute Gasteiger partial charge is 0.295 e. The van der Waals surface area contributed by atoms with Gasteiger partial charge in [0.15, 0.2) is 11.5 Å². The van der Waals surface area contributed by atoms with Crippen molar-refractivity contribution in [2.75, 3.05) is 11.1 Å². The summed E-state index contributed by atoms with van der Waals surface area (Å²) in [5.41, 5.74) is 2.09. The number of aromatic nitrogens is 4. The first-order valence-corrected chi connectivity index (χ1v) is 11.3. The molecule has 0 aliphatic carbocycles. The van der Waals surface area contributed by atoms with E-state index in [9.17, 15) is 9.00 Å². The van der Waals surface area contributed by atoms with Gasteiger partial charge in [0.2, 0.25) is 5.28 Å². The summed E-state index contributed by atoms with van der Waals surface area (Å²) in [7, 11) is -2.75. The summed E-state index contributed by atoms with van der Waals surface area (Å²) in [6.07, 6.45) is 0. The van der Waals surface area contributed by atoms with E-state index >= 15 is 0 Å². The van der Waals surface area contributed by atoms with E-state index in [-0.39, 0.29) is 28.5 Å². The van der Waals surface area contributed by atoms with Gasteiger partial charge in [0, 0.05) is 23.2 Å². The van der Waals surface area contributed by atoms with Crippen molar-refractivity contribution in [3.63, 3.8) is 0 Å². The molecule has 1 unspecified atom stereocenters. The number of halogens is 1. The van der Waals surface area contributed by atoms with Crippen molar-refractivity contribution in [3.05, 3.63) is 51.2 Å². The highest BCUT2D eigenvalue weighted by molar-refractivity contribution is 7.92. The Morgan fingerprint density at radius 2 is 1.86 bits per heavy atom. The molecule has 0 amide bonds. The Morgan fingerprint density at radius 1 is 1.21 bits per heavy atom. The number of nitrogens with zero attached hydrogens (tertiary/aromatic N) is 4. The highest BCUT2D eigenvalue weighted by atomic mass is 35.5. The van der Waals surface area contributed by atoms with Crippen LogP contribution in [0.25, 0.3) is 11.2 Å². The summed E-state index contributed by atoms with van der Waals surface area (Å²) < 4.78 is 21.6. The zero-order valence-electron chi connectivity index (χ0n) is 16.7. The number of nitrogens with one attached hydrogen (secondary N) is 2. The molecule has 3 rings (SSSR count). The average Bonchev–Trinajstić information content (AvgIpc) is 2.66. The van der Waals surface area contributed by atoms with Crippen molar-refractivity contribution in [1.29, 1.82) is 4.78 Å². The number of fused-ring (bicyclic) bond motifs is 1. The number of hydrogen-bond acceptors (Lipinski definition) is 7. The van der Waals surface area contributed by atoms with Crippen LogP contribution in [0.3, 0.4) is 0 Å². The van der Waals surface area contributed by atoms with Crippen LogP contribution >= 0.6 is 11.6 Å². The van der Waals surface area contributed by atoms with Gasteiger partial charge < -0.3 is 5.32 Å². The molecule has 0 fully saturated rings. The maximum Gasteiger partial charge on any atom is 0.295 e. The molecule has 0 spiro atoms. The second kappa shape index (κ2) is 8.08.